The third kappa shape index (κ3) is 4.07. The van der Waals surface area contributed by atoms with Crippen molar-refractivity contribution in [1.29, 1.82) is 0 Å². The molecule has 1 aliphatic carbocycles. The van der Waals surface area contributed by atoms with Crippen molar-refractivity contribution in [2.75, 3.05) is 18.4 Å². The lowest BCUT2D eigenvalue weighted by Gasteiger charge is -2.42. The highest BCUT2D eigenvalue weighted by Gasteiger charge is 2.38. The standard InChI is InChI=1S/C20H21F2N3O2/c21-15-9-14(19(23)27)17(10-16(15)22)24-11-18(26)25-12-20(7-4-8-20)13-5-2-1-3-6-13/h1-3,5-6,9-10,24H,4,7-8,11-12H2,(H2,23,27)(H,25,26). The van der Waals surface area contributed by atoms with Crippen LogP contribution in [0.5, 0.6) is 0 Å². The van der Waals surface area contributed by atoms with Crippen LogP contribution in [0.15, 0.2) is 42.5 Å². The van der Waals surface area contributed by atoms with Crippen LogP contribution in [0.3, 0.4) is 0 Å². The summed E-state index contributed by atoms with van der Waals surface area (Å²) in [4.78, 5) is 23.6. The molecule has 0 radical (unpaired) electrons. The first-order valence-electron chi connectivity index (χ1n) is 8.76. The fourth-order valence-electron chi connectivity index (χ4n) is 3.37. The molecule has 3 rings (SSSR count). The number of nitrogens with one attached hydrogen (secondary N) is 2. The van der Waals surface area contributed by atoms with Gasteiger partial charge in [0, 0.05) is 18.0 Å². The minimum absolute atomic E-state index is 0.0158. The van der Waals surface area contributed by atoms with Gasteiger partial charge < -0.3 is 16.4 Å². The lowest BCUT2D eigenvalue weighted by atomic mass is 9.64. The molecule has 0 saturated heterocycles. The number of carbonyl (C=O) groups excluding carboxylic acids is 2. The van der Waals surface area contributed by atoms with Gasteiger partial charge in [0.05, 0.1) is 17.8 Å². The van der Waals surface area contributed by atoms with Crippen molar-refractivity contribution in [3.05, 3.63) is 65.2 Å². The van der Waals surface area contributed by atoms with E-state index in [9.17, 15) is 18.4 Å². The van der Waals surface area contributed by atoms with E-state index in [4.69, 9.17) is 5.73 Å². The van der Waals surface area contributed by atoms with E-state index in [1.807, 2.05) is 18.2 Å². The van der Waals surface area contributed by atoms with Crippen molar-refractivity contribution < 1.29 is 18.4 Å². The number of nitrogens with two attached hydrogens (primary N) is 1. The average Bonchev–Trinajstić information content (AvgIpc) is 2.62. The molecule has 0 aromatic heterocycles. The Hall–Kier alpha value is -2.96. The highest BCUT2D eigenvalue weighted by Crippen LogP contribution is 2.43. The van der Waals surface area contributed by atoms with E-state index in [2.05, 4.69) is 22.8 Å². The maximum Gasteiger partial charge on any atom is 0.250 e. The van der Waals surface area contributed by atoms with E-state index >= 15 is 0 Å². The Morgan fingerprint density at radius 3 is 2.33 bits per heavy atom. The van der Waals surface area contributed by atoms with E-state index in [1.54, 1.807) is 0 Å². The number of anilines is 1. The molecule has 2 aromatic rings. The largest absolute Gasteiger partial charge is 0.375 e. The molecule has 0 atom stereocenters. The third-order valence-corrected chi connectivity index (χ3v) is 5.09. The fourth-order valence-corrected chi connectivity index (χ4v) is 3.37. The van der Waals surface area contributed by atoms with E-state index < -0.39 is 17.5 Å². The van der Waals surface area contributed by atoms with Gasteiger partial charge in [-0.3, -0.25) is 9.59 Å². The summed E-state index contributed by atoms with van der Waals surface area (Å²) in [6.45, 7) is 0.314. The number of halogens is 2. The van der Waals surface area contributed by atoms with Gasteiger partial charge in [-0.25, -0.2) is 8.78 Å². The zero-order valence-corrected chi connectivity index (χ0v) is 14.7. The van der Waals surface area contributed by atoms with Crippen molar-refractivity contribution in [2.45, 2.75) is 24.7 Å². The van der Waals surface area contributed by atoms with Crippen LogP contribution in [0.1, 0.15) is 35.2 Å². The monoisotopic (exact) mass is 373 g/mol. The van der Waals surface area contributed by atoms with Gasteiger partial charge in [-0.2, -0.15) is 0 Å². The maximum atomic E-state index is 13.4. The Kier molecular flexibility index (Phi) is 5.39. The average molecular weight is 373 g/mol. The van der Waals surface area contributed by atoms with Gasteiger partial charge in [0.1, 0.15) is 0 Å². The van der Waals surface area contributed by atoms with E-state index in [-0.39, 0.29) is 29.1 Å². The smallest absolute Gasteiger partial charge is 0.250 e. The molecule has 1 fully saturated rings. The predicted molar refractivity (Wildman–Crippen MR) is 98.3 cm³/mol. The zero-order chi connectivity index (χ0) is 19.4. The fraction of sp³-hybridized carbons (Fsp3) is 0.300. The minimum atomic E-state index is -1.17. The summed E-state index contributed by atoms with van der Waals surface area (Å²) in [7, 11) is 0. The van der Waals surface area contributed by atoms with Gasteiger partial charge >= 0.3 is 0 Å². The molecule has 4 N–H and O–H groups in total. The molecule has 7 heteroatoms. The molecular formula is C20H21F2N3O2. The minimum Gasteiger partial charge on any atom is -0.375 e. The lowest BCUT2D eigenvalue weighted by Crippen LogP contribution is -2.46. The topological polar surface area (TPSA) is 84.2 Å². The molecule has 2 amide bonds. The number of primary amides is 1. The predicted octanol–water partition coefficient (Wildman–Crippen LogP) is 2.71. The van der Waals surface area contributed by atoms with Crippen LogP contribution in [0, 0.1) is 11.6 Å². The van der Waals surface area contributed by atoms with Crippen LogP contribution in [0.4, 0.5) is 14.5 Å². The van der Waals surface area contributed by atoms with Crippen molar-refractivity contribution in [3.8, 4) is 0 Å². The highest BCUT2D eigenvalue weighted by molar-refractivity contribution is 5.99. The highest BCUT2D eigenvalue weighted by atomic mass is 19.2. The molecule has 1 saturated carbocycles. The third-order valence-electron chi connectivity index (χ3n) is 5.09. The summed E-state index contributed by atoms with van der Waals surface area (Å²) in [6, 6.07) is 11.6. The normalized spacial score (nSPS) is 14.9. The first kappa shape index (κ1) is 18.8. The van der Waals surface area contributed by atoms with Gasteiger partial charge in [-0.1, -0.05) is 36.8 Å². The molecule has 142 valence electrons. The number of benzene rings is 2. The van der Waals surface area contributed by atoms with E-state index in [1.165, 1.54) is 5.56 Å². The molecule has 0 heterocycles. The van der Waals surface area contributed by atoms with Crippen LogP contribution in [0.25, 0.3) is 0 Å². The molecular weight excluding hydrogens is 352 g/mol. The van der Waals surface area contributed by atoms with Gasteiger partial charge in [0.15, 0.2) is 11.6 Å². The Labute approximate surface area is 155 Å². The van der Waals surface area contributed by atoms with Gasteiger partial charge in [-0.05, 0) is 24.5 Å². The van der Waals surface area contributed by atoms with Crippen molar-refractivity contribution in [3.63, 3.8) is 0 Å². The number of amides is 2. The summed E-state index contributed by atoms with van der Waals surface area (Å²) in [5.41, 5.74) is 6.09. The van der Waals surface area contributed by atoms with Gasteiger partial charge in [-0.15, -0.1) is 0 Å². The summed E-state index contributed by atoms with van der Waals surface area (Å²) >= 11 is 0. The summed E-state index contributed by atoms with van der Waals surface area (Å²) < 4.78 is 26.7. The second-order valence-electron chi connectivity index (χ2n) is 6.81. The first-order valence-corrected chi connectivity index (χ1v) is 8.76. The summed E-state index contributed by atoms with van der Waals surface area (Å²) in [5.74, 6) is -3.51. The van der Waals surface area contributed by atoms with Gasteiger partial charge in [0.25, 0.3) is 5.91 Å². The van der Waals surface area contributed by atoms with Crippen LogP contribution in [0.2, 0.25) is 0 Å². The molecule has 0 spiro atoms. The molecule has 5 nitrogen and oxygen atoms in total. The Bertz CT molecular complexity index is 852. The summed E-state index contributed by atoms with van der Waals surface area (Å²) in [6.07, 6.45) is 3.11. The van der Waals surface area contributed by atoms with Crippen LogP contribution in [-0.4, -0.2) is 24.9 Å². The number of carbonyl (C=O) groups is 2. The quantitative estimate of drug-likeness (QED) is 0.698. The van der Waals surface area contributed by atoms with Crippen molar-refractivity contribution in [2.24, 2.45) is 5.73 Å². The molecule has 1 aliphatic rings. The summed E-state index contributed by atoms with van der Waals surface area (Å²) in [5, 5.41) is 5.54. The SMILES string of the molecule is NC(=O)c1cc(F)c(F)cc1NCC(=O)NCC1(c2ccccc2)CCC1. The number of hydrogen-bond donors (Lipinski definition) is 3. The molecule has 0 bridgehead atoms. The number of rotatable bonds is 7. The van der Waals surface area contributed by atoms with Gasteiger partial charge in [0.2, 0.25) is 5.91 Å². The van der Waals surface area contributed by atoms with Crippen LogP contribution in [-0.2, 0) is 10.2 Å². The molecule has 2 aromatic carbocycles. The molecule has 27 heavy (non-hydrogen) atoms. The Morgan fingerprint density at radius 2 is 1.74 bits per heavy atom. The maximum absolute atomic E-state index is 13.4. The molecule has 0 unspecified atom stereocenters. The number of hydrogen-bond acceptors (Lipinski definition) is 3. The van der Waals surface area contributed by atoms with Crippen LogP contribution >= 0.6 is 0 Å². The second kappa shape index (κ2) is 7.73. The van der Waals surface area contributed by atoms with Crippen molar-refractivity contribution in [1.82, 2.24) is 5.32 Å². The Morgan fingerprint density at radius 1 is 1.07 bits per heavy atom. The lowest BCUT2D eigenvalue weighted by molar-refractivity contribution is -0.119. The first-order chi connectivity index (χ1) is 12.9. The Balaban J connectivity index is 1.61. The second-order valence-corrected chi connectivity index (χ2v) is 6.81. The van der Waals surface area contributed by atoms with E-state index in [0.29, 0.717) is 6.54 Å². The van der Waals surface area contributed by atoms with E-state index in [0.717, 1.165) is 31.4 Å². The zero-order valence-electron chi connectivity index (χ0n) is 14.7. The van der Waals surface area contributed by atoms with Crippen molar-refractivity contribution >= 4 is 17.5 Å². The molecule has 0 aliphatic heterocycles. The van der Waals surface area contributed by atoms with Crippen LogP contribution < -0.4 is 16.4 Å².